The Bertz CT molecular complexity index is 1450. The molecular weight excluding hydrogens is 525 g/mol. The lowest BCUT2D eigenvalue weighted by Crippen LogP contribution is -2.43. The minimum atomic E-state index is -0.706. The summed E-state index contributed by atoms with van der Waals surface area (Å²) >= 11 is 0. The lowest BCUT2D eigenvalue weighted by molar-refractivity contribution is -0.141. The summed E-state index contributed by atoms with van der Waals surface area (Å²) in [6.45, 7) is 0.0473. The summed E-state index contributed by atoms with van der Waals surface area (Å²) in [5, 5.41) is 13.4. The van der Waals surface area contributed by atoms with Crippen molar-refractivity contribution in [3.05, 3.63) is 76.6 Å². The van der Waals surface area contributed by atoms with Crippen molar-refractivity contribution >= 4 is 12.1 Å². The first kappa shape index (κ1) is 25.6. The fourth-order valence-corrected chi connectivity index (χ4v) is 5.74. The molecule has 2 N–H and O–H groups in total. The third-order valence-electron chi connectivity index (χ3n) is 7.60. The minimum Gasteiger partial charge on any atom is -0.502 e. The summed E-state index contributed by atoms with van der Waals surface area (Å²) in [4.78, 5) is 26.2. The largest absolute Gasteiger partial charge is 0.502 e. The number of benzene rings is 3. The molecule has 1 amide bonds. The number of alkyl carbamates (subject to hydrolysis) is 1. The van der Waals surface area contributed by atoms with Gasteiger partial charge in [0.2, 0.25) is 12.5 Å². The second-order valence-corrected chi connectivity index (χ2v) is 9.73. The Balaban J connectivity index is 1.40. The second-order valence-electron chi connectivity index (χ2n) is 9.73. The van der Waals surface area contributed by atoms with Gasteiger partial charge in [-0.1, -0.05) is 12.1 Å². The van der Waals surface area contributed by atoms with Crippen molar-refractivity contribution < 1.29 is 47.5 Å². The Hall–Kier alpha value is -4.67. The van der Waals surface area contributed by atoms with Gasteiger partial charge in [-0.05, 0) is 58.7 Å². The number of halogens is 1. The van der Waals surface area contributed by atoms with Gasteiger partial charge in [0.15, 0.2) is 23.0 Å². The number of carbonyl (C=O) groups is 2. The third-order valence-corrected chi connectivity index (χ3v) is 7.60. The molecule has 1 saturated heterocycles. The van der Waals surface area contributed by atoms with Crippen LogP contribution in [0.3, 0.4) is 0 Å². The molecule has 4 atom stereocenters. The number of phenolic OH excluding ortho intramolecular Hbond substituents is 1. The topological polar surface area (TPSA) is 122 Å². The van der Waals surface area contributed by atoms with Crippen molar-refractivity contribution in [2.24, 2.45) is 11.8 Å². The van der Waals surface area contributed by atoms with E-state index in [2.05, 4.69) is 5.32 Å². The van der Waals surface area contributed by atoms with Gasteiger partial charge in [0, 0.05) is 11.8 Å². The van der Waals surface area contributed by atoms with E-state index in [1.165, 1.54) is 38.5 Å². The molecule has 2 aliphatic heterocycles. The molecule has 3 aromatic rings. The Kier molecular flexibility index (Phi) is 6.49. The molecule has 3 aliphatic rings. The number of rotatable bonds is 6. The number of amides is 1. The average molecular weight is 552 g/mol. The molecule has 0 radical (unpaired) electrons. The van der Waals surface area contributed by atoms with Crippen molar-refractivity contribution in [2.45, 2.75) is 18.6 Å². The highest BCUT2D eigenvalue weighted by molar-refractivity contribution is 5.80. The average Bonchev–Trinajstić information content (AvgIpc) is 3.58. The second kappa shape index (κ2) is 10.1. The Morgan fingerprint density at radius 2 is 1.65 bits per heavy atom. The Labute approximate surface area is 228 Å². The molecule has 0 saturated carbocycles. The van der Waals surface area contributed by atoms with Gasteiger partial charge in [-0.3, -0.25) is 4.79 Å². The molecule has 0 bridgehead atoms. The van der Waals surface area contributed by atoms with Crippen molar-refractivity contribution in [1.29, 1.82) is 0 Å². The fraction of sp³-hybridized carbons (Fsp3) is 0.310. The summed E-state index contributed by atoms with van der Waals surface area (Å²) in [5.74, 6) is -1.27. The zero-order valence-electron chi connectivity index (χ0n) is 21.6. The molecule has 1 fully saturated rings. The normalized spacial score (nSPS) is 22.1. The van der Waals surface area contributed by atoms with Crippen LogP contribution in [0.25, 0.3) is 0 Å². The number of phenols is 1. The van der Waals surface area contributed by atoms with Crippen LogP contribution in [0.5, 0.6) is 28.7 Å². The highest BCUT2D eigenvalue weighted by atomic mass is 19.1. The van der Waals surface area contributed by atoms with Gasteiger partial charge >= 0.3 is 12.1 Å². The fourth-order valence-electron chi connectivity index (χ4n) is 5.74. The highest BCUT2D eigenvalue weighted by Crippen LogP contribution is 2.55. The number of cyclic esters (lactones) is 1. The van der Waals surface area contributed by atoms with E-state index in [0.717, 1.165) is 0 Å². The lowest BCUT2D eigenvalue weighted by Gasteiger charge is -2.39. The first-order valence-corrected chi connectivity index (χ1v) is 12.6. The summed E-state index contributed by atoms with van der Waals surface area (Å²) in [7, 11) is 2.85. The maximum absolute atomic E-state index is 13.2. The molecule has 1 aliphatic carbocycles. The van der Waals surface area contributed by atoms with E-state index in [0.29, 0.717) is 33.8 Å². The van der Waals surface area contributed by atoms with Crippen molar-refractivity contribution in [1.82, 2.24) is 5.32 Å². The van der Waals surface area contributed by atoms with E-state index < -0.39 is 35.9 Å². The zero-order valence-corrected chi connectivity index (χ0v) is 21.6. The molecule has 0 spiro atoms. The van der Waals surface area contributed by atoms with E-state index in [-0.39, 0.29) is 43.1 Å². The molecular formula is C29H26FNO9. The van der Waals surface area contributed by atoms with Gasteiger partial charge in [0.25, 0.3) is 0 Å². The summed E-state index contributed by atoms with van der Waals surface area (Å²) in [6.07, 6.45) is -0.706. The number of nitrogens with one attached hydrogen (secondary N) is 1. The van der Waals surface area contributed by atoms with E-state index in [1.54, 1.807) is 24.3 Å². The van der Waals surface area contributed by atoms with Crippen LogP contribution in [0.2, 0.25) is 0 Å². The van der Waals surface area contributed by atoms with Crippen LogP contribution >= 0.6 is 0 Å². The van der Waals surface area contributed by atoms with E-state index in [9.17, 15) is 19.1 Å². The van der Waals surface area contributed by atoms with Gasteiger partial charge in [-0.15, -0.1) is 0 Å². The summed E-state index contributed by atoms with van der Waals surface area (Å²) < 4.78 is 46.2. The van der Waals surface area contributed by atoms with Crippen LogP contribution in [0.15, 0.2) is 48.5 Å². The van der Waals surface area contributed by atoms with Crippen molar-refractivity contribution in [3.8, 4) is 28.7 Å². The Morgan fingerprint density at radius 1 is 1.00 bits per heavy atom. The lowest BCUT2D eigenvalue weighted by atomic mass is 9.65. The molecule has 2 heterocycles. The number of aromatic hydroxyl groups is 1. The van der Waals surface area contributed by atoms with Crippen LogP contribution in [-0.2, 0) is 20.9 Å². The molecule has 10 nitrogen and oxygen atoms in total. The number of hydrogen-bond acceptors (Lipinski definition) is 9. The minimum absolute atomic E-state index is 0.0381. The van der Waals surface area contributed by atoms with Gasteiger partial charge in [-0.2, -0.15) is 0 Å². The van der Waals surface area contributed by atoms with Gasteiger partial charge in [0.05, 0.1) is 32.8 Å². The van der Waals surface area contributed by atoms with Gasteiger partial charge in [0.1, 0.15) is 12.4 Å². The predicted molar refractivity (Wildman–Crippen MR) is 136 cm³/mol. The number of hydrogen-bond donors (Lipinski definition) is 2. The van der Waals surface area contributed by atoms with E-state index in [4.69, 9.17) is 28.4 Å². The van der Waals surface area contributed by atoms with Crippen molar-refractivity contribution in [2.75, 3.05) is 27.6 Å². The SMILES string of the molecule is COc1cc([C@@H]2c3cc4c(cc3[C@@H](NC(=O)OCc3ccc(F)cc3)[C@H]3COC(=O)[C@H]23)OCO4)cc(OC)c1O. The van der Waals surface area contributed by atoms with E-state index in [1.807, 2.05) is 0 Å². The number of ether oxygens (including phenoxy) is 6. The zero-order chi connectivity index (χ0) is 28.0. The molecule has 11 heteroatoms. The highest BCUT2D eigenvalue weighted by Gasteiger charge is 2.53. The predicted octanol–water partition coefficient (Wildman–Crippen LogP) is 4.18. The maximum atomic E-state index is 13.2. The molecule has 0 unspecified atom stereocenters. The first-order valence-electron chi connectivity index (χ1n) is 12.6. The van der Waals surface area contributed by atoms with Crippen molar-refractivity contribution in [3.63, 3.8) is 0 Å². The molecule has 40 heavy (non-hydrogen) atoms. The standard InChI is InChI=1S/C29H26FNO9/c1-35-22-7-15(8-23(36-2)27(22)32)24-17-9-20-21(40-13-39-20)10-18(17)26(19-12-37-28(33)25(19)24)31-29(34)38-11-14-3-5-16(30)6-4-14/h3-10,19,24-26,32H,11-13H2,1-2H3,(H,31,34)/t19-,24+,25-,26+/m0/s1. The number of carbonyl (C=O) groups excluding carboxylic acids is 2. The van der Waals surface area contributed by atoms with Gasteiger partial charge in [-0.25, -0.2) is 9.18 Å². The van der Waals surface area contributed by atoms with Crippen LogP contribution in [0, 0.1) is 17.7 Å². The summed E-state index contributed by atoms with van der Waals surface area (Å²) in [5.41, 5.74) is 2.69. The Morgan fingerprint density at radius 3 is 2.30 bits per heavy atom. The number of fused-ring (bicyclic) bond motifs is 3. The van der Waals surface area contributed by atoms with Crippen LogP contribution in [0.4, 0.5) is 9.18 Å². The third kappa shape index (κ3) is 4.37. The molecule has 3 aromatic carbocycles. The molecule has 208 valence electrons. The number of esters is 1. The summed E-state index contributed by atoms with van der Waals surface area (Å²) in [6, 6.07) is 11.9. The quantitative estimate of drug-likeness (QED) is 0.435. The smallest absolute Gasteiger partial charge is 0.407 e. The molecule has 0 aromatic heterocycles. The van der Waals surface area contributed by atoms with Crippen LogP contribution in [-0.4, -0.2) is 44.8 Å². The van der Waals surface area contributed by atoms with Crippen LogP contribution < -0.4 is 24.3 Å². The monoisotopic (exact) mass is 551 g/mol. The molecule has 6 rings (SSSR count). The first-order chi connectivity index (χ1) is 19.4. The van der Waals surface area contributed by atoms with Gasteiger partial charge < -0.3 is 38.8 Å². The maximum Gasteiger partial charge on any atom is 0.407 e. The van der Waals surface area contributed by atoms with Crippen LogP contribution in [0.1, 0.15) is 34.2 Å². The number of methoxy groups -OCH3 is 2. The van der Waals surface area contributed by atoms with E-state index >= 15 is 0 Å².